The van der Waals surface area contributed by atoms with Gasteiger partial charge in [-0.25, -0.2) is 4.39 Å². The number of benzene rings is 15. The number of hydrogen-bond donors (Lipinski definition) is 0. The minimum absolute atomic E-state index is 0.0212. The predicted molar refractivity (Wildman–Crippen MR) is 633 cm³/mol. The van der Waals surface area contributed by atoms with Crippen molar-refractivity contribution in [3.05, 3.63) is 380 Å². The van der Waals surface area contributed by atoms with E-state index in [2.05, 4.69) is 645 Å². The molecular weight excluding hydrogens is 3220 g/mol. The van der Waals surface area contributed by atoms with Crippen LogP contribution in [0, 0.1) is 59.4 Å². The topological polar surface area (TPSA) is 0 Å². The fourth-order valence-corrected chi connectivity index (χ4v) is 33.1. The van der Waals surface area contributed by atoms with E-state index in [4.69, 9.17) is 0 Å². The van der Waals surface area contributed by atoms with E-state index in [1.807, 2.05) is 12.1 Å². The Morgan fingerprint density at radius 3 is 0.871 bits per heavy atom. The standard InChI is InChI=1S/C21H18I3S.C20H16I3S.C18H9FI3S.2C18H10I3S/c1-14(2)15-3-7-17(8-4-15)25(18-9-5-16(22)6-10-18)19-11-12-20(23)21(24)13-19;1-2-14-3-7-16(8-4-14)24(17-9-5-15(21)6-10-17)18-11-12-19(22)20(23)13-18;19-10-1-4-12(5-2-10)23-15-7-3-11(20)9-13(15)17-16(23)8-6-14(21)18(17)22;2*19-11-6-8-15-13(10-11)17-16(9-7-14(20)18(17)21)22(15)12-4-2-1-3-5-12/h3-14H,1-2H3;3-13H,2H2,1H3;1-9H;2*1-10H/q5*+1. The third kappa shape index (κ3) is 21.8. The number of fused-ring (bicyclic) bond motifs is 9. The number of thiophene rings is 3. The summed E-state index contributed by atoms with van der Waals surface area (Å²) in [6.45, 7) is 6.69. The van der Waals surface area contributed by atoms with Crippen LogP contribution in [-0.4, -0.2) is 0 Å². The van der Waals surface area contributed by atoms with Gasteiger partial charge in [-0.05, 0) is 569 Å². The van der Waals surface area contributed by atoms with Gasteiger partial charge in [0.15, 0.2) is 72.3 Å². The van der Waals surface area contributed by atoms with Crippen LogP contribution in [-0.2, 0) is 28.2 Å². The highest BCUT2D eigenvalue weighted by Crippen LogP contribution is 2.54. The van der Waals surface area contributed by atoms with E-state index in [-0.39, 0.29) is 59.0 Å². The summed E-state index contributed by atoms with van der Waals surface area (Å²) < 4.78 is 41.5. The van der Waals surface area contributed by atoms with E-state index in [9.17, 15) is 4.39 Å². The molecule has 15 aromatic carbocycles. The number of aryl methyl sites for hydroxylation is 1. The molecule has 5 atom stereocenters. The van der Waals surface area contributed by atoms with E-state index < -0.39 is 0 Å². The van der Waals surface area contributed by atoms with Crippen LogP contribution in [0.25, 0.3) is 75.2 Å². The van der Waals surface area contributed by atoms with E-state index in [1.165, 1.54) is 169 Å². The minimum atomic E-state index is -0.184. The summed E-state index contributed by atoms with van der Waals surface area (Å²) in [5.74, 6) is 0.380. The Balaban J connectivity index is 0.000000120. The van der Waals surface area contributed by atoms with Crippen molar-refractivity contribution in [3.63, 3.8) is 0 Å². The van der Waals surface area contributed by atoms with Crippen molar-refractivity contribution in [2.45, 2.75) is 62.5 Å². The Morgan fingerprint density at radius 2 is 0.552 bits per heavy atom. The SMILES string of the molecule is CC(C)c1ccc([S+](c2ccc(I)cc2)c2ccc(I)c(I)c2)cc1.CCc1ccc([S+](c2ccc(I)cc2)c2ccc(I)c(I)c2)cc1.Fc1ccc(-[s+]2c3ccc(I)cc3c3c(I)c(I)ccc32)cc1.Ic1ccc2c(c1)c1c(I)c(I)ccc1[s+]2-c1ccccc1.Ic1ccc2c(c1)c1c(I)c(I)ccc1[s+]2-c1ccccc1. The first-order valence-corrected chi connectivity index (χ1v) is 58.2. The second-order valence-electron chi connectivity index (χ2n) is 26.5. The van der Waals surface area contributed by atoms with Crippen molar-refractivity contribution in [2.75, 3.05) is 0 Å². The molecule has 5 unspecified atom stereocenters. The van der Waals surface area contributed by atoms with Gasteiger partial charge in [0.25, 0.3) is 0 Å². The first kappa shape index (κ1) is 92.7. The Labute approximate surface area is 896 Å². The van der Waals surface area contributed by atoms with Crippen LogP contribution in [0.5, 0.6) is 0 Å². The lowest BCUT2D eigenvalue weighted by Crippen LogP contribution is -2.06. The van der Waals surface area contributed by atoms with Crippen molar-refractivity contribution in [3.8, 4) is 14.7 Å². The average Bonchev–Trinajstić information content (AvgIpc) is 1.59. The molecule has 0 N–H and O–H groups in total. The summed E-state index contributed by atoms with van der Waals surface area (Å²) in [7, 11) is -0.249. The molecule has 18 aromatic rings. The van der Waals surface area contributed by atoms with Gasteiger partial charge >= 0.3 is 0 Å². The van der Waals surface area contributed by atoms with Crippen LogP contribution in [0.3, 0.4) is 0 Å². The van der Waals surface area contributed by atoms with Gasteiger partial charge in [0, 0.05) is 144 Å². The van der Waals surface area contributed by atoms with Gasteiger partial charge in [-0.15, -0.1) is 0 Å². The highest BCUT2D eigenvalue weighted by molar-refractivity contribution is 14.1. The molecule has 0 fully saturated rings. The maximum absolute atomic E-state index is 13.3. The minimum Gasteiger partial charge on any atom is -0.207 e. The Morgan fingerprint density at radius 1 is 0.267 bits per heavy atom. The molecule has 0 amide bonds. The summed E-state index contributed by atoms with van der Waals surface area (Å²) in [6.07, 6.45) is 1.08. The Kier molecular flexibility index (Phi) is 34.4. The molecule has 0 bridgehead atoms. The molecule has 0 saturated heterocycles. The fraction of sp³-hybridized carbons (Fsp3) is 0.0526. The second kappa shape index (κ2) is 43.1. The summed E-state index contributed by atoms with van der Waals surface area (Å²) >= 11 is 36.3. The normalized spacial score (nSPS) is 12.3. The second-order valence-corrected chi connectivity index (χ2v) is 54.1. The molecule has 0 radical (unpaired) electrons. The lowest BCUT2D eigenvalue weighted by molar-refractivity contribution is 0.628. The fourth-order valence-electron chi connectivity index (χ4n) is 13.3. The Bertz CT molecular complexity index is 6430. The smallest absolute Gasteiger partial charge is 0.188 e. The quantitative estimate of drug-likeness (QED) is 0.0894. The maximum atomic E-state index is 13.3. The molecule has 580 valence electrons. The molecular formula is C95H63FI15S5+5. The van der Waals surface area contributed by atoms with E-state index in [0.29, 0.717) is 5.92 Å². The lowest BCUT2D eigenvalue weighted by Gasteiger charge is -2.11. The van der Waals surface area contributed by atoms with Crippen molar-refractivity contribution in [1.82, 2.24) is 0 Å². The van der Waals surface area contributed by atoms with Gasteiger partial charge in [0.2, 0.25) is 0 Å². The zero-order chi connectivity index (χ0) is 81.8. The first-order valence-electron chi connectivity index (χ1n) is 35.9. The van der Waals surface area contributed by atoms with Crippen molar-refractivity contribution >= 4 is 453 Å². The van der Waals surface area contributed by atoms with Crippen molar-refractivity contribution < 1.29 is 4.39 Å². The van der Waals surface area contributed by atoms with Crippen LogP contribution >= 0.6 is 370 Å². The van der Waals surface area contributed by atoms with Crippen LogP contribution in [0.4, 0.5) is 4.39 Å². The monoisotopic (exact) mass is 3290 g/mol. The van der Waals surface area contributed by atoms with Gasteiger partial charge < -0.3 is 0 Å². The molecule has 21 heteroatoms. The molecule has 0 aliphatic heterocycles. The molecule has 3 aromatic heterocycles. The predicted octanol–water partition coefficient (Wildman–Crippen LogP) is 37.7. The zero-order valence-corrected chi connectivity index (χ0v) is 97.8. The summed E-state index contributed by atoms with van der Waals surface area (Å²) in [5, 5.41) is 8.37. The molecule has 0 saturated carbocycles. The van der Waals surface area contributed by atoms with E-state index >= 15 is 0 Å². The highest BCUT2D eigenvalue weighted by atomic mass is 127. The highest BCUT2D eigenvalue weighted by Gasteiger charge is 2.34. The Hall–Kier alpha value is 0.540. The van der Waals surface area contributed by atoms with E-state index in [0.717, 1.165) is 6.42 Å². The van der Waals surface area contributed by atoms with Crippen molar-refractivity contribution in [2.24, 2.45) is 0 Å². The molecule has 18 rings (SSSR count). The average molecular weight is 3290 g/mol. The van der Waals surface area contributed by atoms with Crippen molar-refractivity contribution in [1.29, 1.82) is 0 Å². The molecule has 0 spiro atoms. The van der Waals surface area contributed by atoms with Crippen LogP contribution < -0.4 is 0 Å². The first-order chi connectivity index (χ1) is 55.9. The molecule has 0 nitrogen and oxygen atoms in total. The largest absolute Gasteiger partial charge is 0.207 e. The third-order valence-corrected chi connectivity index (χ3v) is 48.6. The third-order valence-electron chi connectivity index (χ3n) is 18.8. The summed E-state index contributed by atoms with van der Waals surface area (Å²) in [5.41, 5.74) is 2.79. The zero-order valence-electron chi connectivity index (χ0n) is 61.3. The molecule has 116 heavy (non-hydrogen) atoms. The number of rotatable bonds is 11. The van der Waals surface area contributed by atoms with Crippen LogP contribution in [0.15, 0.2) is 339 Å². The summed E-state index contributed by atoms with van der Waals surface area (Å²) in [6, 6.07) is 113. The van der Waals surface area contributed by atoms with Gasteiger partial charge in [-0.3, -0.25) is 0 Å². The van der Waals surface area contributed by atoms with Crippen LogP contribution in [0.2, 0.25) is 0 Å². The van der Waals surface area contributed by atoms with E-state index in [1.54, 1.807) is 12.1 Å². The number of hydrogen-bond acceptors (Lipinski definition) is 0. The molecule has 0 aliphatic rings. The van der Waals surface area contributed by atoms with Gasteiger partial charge in [-0.2, -0.15) is 0 Å². The maximum Gasteiger partial charge on any atom is 0.188 e. The summed E-state index contributed by atoms with van der Waals surface area (Å²) in [4.78, 5) is 12.2. The molecule has 0 aliphatic carbocycles. The van der Waals surface area contributed by atoms with Crippen LogP contribution in [0.1, 0.15) is 37.8 Å². The van der Waals surface area contributed by atoms with Gasteiger partial charge in [-0.1, -0.05) is 81.4 Å². The molecule has 3 heterocycles. The van der Waals surface area contributed by atoms with Gasteiger partial charge in [0.05, 0.1) is 37.9 Å². The number of halogens is 16. The lowest BCUT2D eigenvalue weighted by atomic mass is 10.0. The van der Waals surface area contributed by atoms with Gasteiger partial charge in [0.1, 0.15) is 5.82 Å².